The van der Waals surface area contributed by atoms with E-state index in [2.05, 4.69) is 15.4 Å². The van der Waals surface area contributed by atoms with Crippen LogP contribution in [0.2, 0.25) is 0 Å². The fraction of sp³-hybridized carbons (Fsp3) is 0.300. The number of nitrogens with one attached hydrogen (secondary N) is 1. The average molecular weight is 266 g/mol. The van der Waals surface area contributed by atoms with E-state index in [4.69, 9.17) is 0 Å². The Morgan fingerprint density at radius 1 is 1.59 bits per heavy atom. The zero-order chi connectivity index (χ0) is 12.0. The standard InChI is InChI=1S/C10H10N4OS2/c1-5(15)12-10-13-6-4-16-7-3-11-14(2)8(7)9(6)17-10/h3H,4H2,1-2H3,(H,12,13,15). The van der Waals surface area contributed by atoms with Crippen molar-refractivity contribution >= 4 is 34.1 Å². The number of nitrogens with zero attached hydrogens (tertiary/aromatic N) is 3. The maximum Gasteiger partial charge on any atom is 0.223 e. The summed E-state index contributed by atoms with van der Waals surface area (Å²) in [5.74, 6) is 0.749. The lowest BCUT2D eigenvalue weighted by molar-refractivity contribution is -0.114. The Bertz CT molecular complexity index is 601. The number of amides is 1. The van der Waals surface area contributed by atoms with Crippen molar-refractivity contribution in [3.8, 4) is 10.6 Å². The molecule has 0 bridgehead atoms. The van der Waals surface area contributed by atoms with Gasteiger partial charge in [0.1, 0.15) is 0 Å². The molecule has 88 valence electrons. The number of thiazole rings is 1. The van der Waals surface area contributed by atoms with Gasteiger partial charge < -0.3 is 5.32 Å². The molecule has 1 N–H and O–H groups in total. The topological polar surface area (TPSA) is 59.8 Å². The molecular formula is C10H10N4OS2. The molecule has 1 aliphatic rings. The minimum Gasteiger partial charge on any atom is -0.302 e. The molecule has 0 fully saturated rings. The minimum atomic E-state index is -0.0889. The molecule has 5 nitrogen and oxygen atoms in total. The van der Waals surface area contributed by atoms with Crippen LogP contribution in [-0.4, -0.2) is 20.7 Å². The lowest BCUT2D eigenvalue weighted by Crippen LogP contribution is -2.05. The van der Waals surface area contributed by atoms with E-state index in [0.29, 0.717) is 5.13 Å². The van der Waals surface area contributed by atoms with E-state index in [1.807, 2.05) is 17.9 Å². The van der Waals surface area contributed by atoms with Crippen LogP contribution in [0.25, 0.3) is 10.6 Å². The van der Waals surface area contributed by atoms with Crippen molar-refractivity contribution in [2.75, 3.05) is 5.32 Å². The van der Waals surface area contributed by atoms with Gasteiger partial charge in [-0.25, -0.2) is 4.98 Å². The van der Waals surface area contributed by atoms with Crippen molar-refractivity contribution in [1.82, 2.24) is 14.8 Å². The number of fused-ring (bicyclic) bond motifs is 3. The molecule has 0 aliphatic carbocycles. The fourth-order valence-electron chi connectivity index (χ4n) is 1.77. The van der Waals surface area contributed by atoms with E-state index in [0.717, 1.165) is 22.0 Å². The summed E-state index contributed by atoms with van der Waals surface area (Å²) in [7, 11) is 1.92. The summed E-state index contributed by atoms with van der Waals surface area (Å²) in [6, 6.07) is 0. The van der Waals surface area contributed by atoms with Gasteiger partial charge >= 0.3 is 0 Å². The van der Waals surface area contributed by atoms with Gasteiger partial charge in [0.05, 0.1) is 27.4 Å². The normalized spacial score (nSPS) is 13.1. The van der Waals surface area contributed by atoms with E-state index in [1.54, 1.807) is 11.8 Å². The molecule has 3 rings (SSSR count). The first-order valence-electron chi connectivity index (χ1n) is 5.07. The smallest absolute Gasteiger partial charge is 0.223 e. The number of hydrogen-bond acceptors (Lipinski definition) is 5. The molecule has 0 spiro atoms. The third kappa shape index (κ3) is 1.75. The zero-order valence-electron chi connectivity index (χ0n) is 9.35. The Kier molecular flexibility index (Phi) is 2.44. The monoisotopic (exact) mass is 266 g/mol. The second-order valence-corrected chi connectivity index (χ2v) is 5.76. The van der Waals surface area contributed by atoms with Crippen LogP contribution in [0, 0.1) is 0 Å². The number of anilines is 1. The molecule has 0 radical (unpaired) electrons. The van der Waals surface area contributed by atoms with Crippen molar-refractivity contribution in [2.45, 2.75) is 17.6 Å². The van der Waals surface area contributed by atoms with Crippen molar-refractivity contribution in [3.63, 3.8) is 0 Å². The highest BCUT2D eigenvalue weighted by Gasteiger charge is 2.24. The van der Waals surface area contributed by atoms with Gasteiger partial charge in [-0.1, -0.05) is 11.3 Å². The molecule has 2 aromatic rings. The largest absolute Gasteiger partial charge is 0.302 e. The van der Waals surface area contributed by atoms with E-state index < -0.39 is 0 Å². The SMILES string of the molecule is CC(=O)Nc1nc2c(s1)-c1c(cnn1C)SC2. The van der Waals surface area contributed by atoms with Gasteiger partial charge in [0.25, 0.3) is 0 Å². The van der Waals surface area contributed by atoms with E-state index in [9.17, 15) is 4.79 Å². The molecule has 0 saturated heterocycles. The van der Waals surface area contributed by atoms with E-state index in [1.165, 1.54) is 23.2 Å². The van der Waals surface area contributed by atoms with Crippen LogP contribution in [0.4, 0.5) is 5.13 Å². The summed E-state index contributed by atoms with van der Waals surface area (Å²) in [5, 5.41) is 7.65. The lowest BCUT2D eigenvalue weighted by atomic mass is 10.3. The molecule has 1 aliphatic heterocycles. The summed E-state index contributed by atoms with van der Waals surface area (Å²) >= 11 is 3.24. The Hall–Kier alpha value is -1.34. The quantitative estimate of drug-likeness (QED) is 0.858. The minimum absolute atomic E-state index is 0.0889. The Labute approximate surface area is 106 Å². The second kappa shape index (κ2) is 3.85. The number of rotatable bonds is 1. The van der Waals surface area contributed by atoms with Crippen LogP contribution in [0.5, 0.6) is 0 Å². The summed E-state index contributed by atoms with van der Waals surface area (Å²) < 4.78 is 1.86. The second-order valence-electron chi connectivity index (χ2n) is 3.75. The van der Waals surface area contributed by atoms with Crippen LogP contribution in [0.1, 0.15) is 12.6 Å². The molecular weight excluding hydrogens is 256 g/mol. The summed E-state index contributed by atoms with van der Waals surface area (Å²) in [6.07, 6.45) is 1.88. The van der Waals surface area contributed by atoms with Gasteiger partial charge in [0, 0.05) is 19.7 Å². The van der Waals surface area contributed by atoms with Gasteiger partial charge in [-0.15, -0.1) is 11.8 Å². The molecule has 0 atom stereocenters. The number of carbonyl (C=O) groups excluding carboxylic acids is 1. The molecule has 1 amide bonds. The summed E-state index contributed by atoms with van der Waals surface area (Å²) in [4.78, 5) is 17.7. The van der Waals surface area contributed by atoms with Gasteiger partial charge in [0.15, 0.2) is 5.13 Å². The zero-order valence-corrected chi connectivity index (χ0v) is 11.0. The van der Waals surface area contributed by atoms with Gasteiger partial charge in [-0.05, 0) is 0 Å². The predicted molar refractivity (Wildman–Crippen MR) is 68.2 cm³/mol. The third-order valence-electron chi connectivity index (χ3n) is 2.46. The first-order valence-corrected chi connectivity index (χ1v) is 6.88. The van der Waals surface area contributed by atoms with Crippen molar-refractivity contribution in [3.05, 3.63) is 11.9 Å². The lowest BCUT2D eigenvalue weighted by Gasteiger charge is -2.10. The van der Waals surface area contributed by atoms with Crippen LogP contribution in [0.15, 0.2) is 11.1 Å². The first kappa shape index (κ1) is 10.8. The van der Waals surface area contributed by atoms with Gasteiger partial charge in [-0.2, -0.15) is 5.10 Å². The maximum absolute atomic E-state index is 11.0. The van der Waals surface area contributed by atoms with Crippen LogP contribution >= 0.6 is 23.1 Å². The van der Waals surface area contributed by atoms with E-state index >= 15 is 0 Å². The highest BCUT2D eigenvalue weighted by atomic mass is 32.2. The number of aromatic nitrogens is 3. The van der Waals surface area contributed by atoms with Crippen molar-refractivity contribution < 1.29 is 4.79 Å². The molecule has 0 saturated carbocycles. The van der Waals surface area contributed by atoms with Crippen LogP contribution < -0.4 is 5.32 Å². The van der Waals surface area contributed by atoms with Crippen molar-refractivity contribution in [2.24, 2.45) is 7.05 Å². The Balaban J connectivity index is 2.09. The predicted octanol–water partition coefficient (Wildman–Crippen LogP) is 2.11. The number of carbonyl (C=O) groups is 1. The van der Waals surface area contributed by atoms with Gasteiger partial charge in [0.2, 0.25) is 5.91 Å². The third-order valence-corrected chi connectivity index (χ3v) is 4.51. The molecule has 3 heterocycles. The molecule has 0 aromatic carbocycles. The van der Waals surface area contributed by atoms with Crippen LogP contribution in [-0.2, 0) is 17.6 Å². The first-order chi connectivity index (χ1) is 8.15. The maximum atomic E-state index is 11.0. The molecule has 7 heteroatoms. The summed E-state index contributed by atoms with van der Waals surface area (Å²) in [5.41, 5.74) is 2.13. The Morgan fingerprint density at radius 3 is 3.18 bits per heavy atom. The number of aryl methyl sites for hydroxylation is 1. The highest BCUT2D eigenvalue weighted by molar-refractivity contribution is 7.98. The number of hydrogen-bond donors (Lipinski definition) is 1. The molecule has 17 heavy (non-hydrogen) atoms. The summed E-state index contributed by atoms with van der Waals surface area (Å²) in [6.45, 7) is 1.49. The molecule has 0 unspecified atom stereocenters. The number of thioether (sulfide) groups is 1. The average Bonchev–Trinajstić information content (AvgIpc) is 2.80. The van der Waals surface area contributed by atoms with Crippen LogP contribution in [0.3, 0.4) is 0 Å². The van der Waals surface area contributed by atoms with Gasteiger partial charge in [-0.3, -0.25) is 9.48 Å². The fourth-order valence-corrected chi connectivity index (χ4v) is 4.03. The van der Waals surface area contributed by atoms with E-state index in [-0.39, 0.29) is 5.91 Å². The Morgan fingerprint density at radius 2 is 2.41 bits per heavy atom. The highest BCUT2D eigenvalue weighted by Crippen LogP contribution is 2.44. The molecule has 2 aromatic heterocycles. The van der Waals surface area contributed by atoms with Crippen molar-refractivity contribution in [1.29, 1.82) is 0 Å².